The van der Waals surface area contributed by atoms with Gasteiger partial charge in [-0.2, -0.15) is 0 Å². The van der Waals surface area contributed by atoms with Crippen LogP contribution in [0.15, 0.2) is 23.7 Å². The maximum absolute atomic E-state index is 11.3. The summed E-state index contributed by atoms with van der Waals surface area (Å²) in [6.45, 7) is 8.34. The monoisotopic (exact) mass is 531 g/mol. The fourth-order valence-corrected chi connectivity index (χ4v) is 4.53. The minimum Gasteiger partial charge on any atom is -0.369 e. The Morgan fingerprint density at radius 1 is 1.23 bits per heavy atom. The third kappa shape index (κ3) is 6.83. The molecule has 9 heteroatoms. The van der Waals surface area contributed by atoms with Crippen molar-refractivity contribution >= 4 is 35.8 Å². The Morgan fingerprint density at radius 3 is 2.63 bits per heavy atom. The van der Waals surface area contributed by atoms with Gasteiger partial charge in [-0.1, -0.05) is 6.92 Å². The molecule has 2 fully saturated rings. The zero-order valence-electron chi connectivity index (χ0n) is 18.4. The number of primary amides is 1. The van der Waals surface area contributed by atoms with E-state index in [1.54, 1.807) is 0 Å². The Bertz CT molecular complexity index is 658. The van der Waals surface area contributed by atoms with Crippen molar-refractivity contribution in [3.05, 3.63) is 18.7 Å². The smallest absolute Gasteiger partial charge is 0.220 e. The Morgan fingerprint density at radius 2 is 2.00 bits per heavy atom. The lowest BCUT2D eigenvalue weighted by Crippen LogP contribution is -2.49. The number of hydrogen-bond acceptors (Lipinski definition) is 4. The Labute approximate surface area is 197 Å². The summed E-state index contributed by atoms with van der Waals surface area (Å²) in [5.41, 5.74) is 5.41. The van der Waals surface area contributed by atoms with Gasteiger partial charge in [-0.25, -0.2) is 4.98 Å². The second kappa shape index (κ2) is 12.5. The molecule has 0 saturated carbocycles. The molecule has 0 radical (unpaired) electrons. The molecule has 1 aromatic rings. The highest BCUT2D eigenvalue weighted by molar-refractivity contribution is 14.0. The maximum Gasteiger partial charge on any atom is 0.220 e. The van der Waals surface area contributed by atoms with E-state index in [0.717, 1.165) is 77.3 Å². The van der Waals surface area contributed by atoms with Gasteiger partial charge in [0.25, 0.3) is 0 Å². The van der Waals surface area contributed by atoms with E-state index in [0.29, 0.717) is 12.0 Å². The van der Waals surface area contributed by atoms with Gasteiger partial charge in [0.15, 0.2) is 5.96 Å². The number of unbranched alkanes of at least 4 members (excludes halogenated alkanes) is 1. The van der Waals surface area contributed by atoms with Crippen LogP contribution >= 0.6 is 24.0 Å². The van der Waals surface area contributed by atoms with Crippen LogP contribution in [0.2, 0.25) is 0 Å². The Kier molecular flexibility index (Phi) is 10.4. The van der Waals surface area contributed by atoms with Crippen molar-refractivity contribution in [1.82, 2.24) is 24.7 Å². The minimum absolute atomic E-state index is 0. The third-order valence-corrected chi connectivity index (χ3v) is 6.51. The molecule has 8 nitrogen and oxygen atoms in total. The molecule has 3 heterocycles. The number of piperidine rings is 2. The zero-order valence-corrected chi connectivity index (χ0v) is 20.7. The van der Waals surface area contributed by atoms with Crippen molar-refractivity contribution in [2.45, 2.75) is 45.1 Å². The van der Waals surface area contributed by atoms with Crippen LogP contribution in [0.3, 0.4) is 0 Å². The van der Waals surface area contributed by atoms with Crippen LogP contribution in [0.25, 0.3) is 0 Å². The second-order valence-electron chi connectivity index (χ2n) is 8.49. The van der Waals surface area contributed by atoms with Crippen LogP contribution in [-0.2, 0) is 4.79 Å². The molecular formula is C21H38IN7O. The van der Waals surface area contributed by atoms with Crippen molar-refractivity contribution in [3.8, 4) is 0 Å². The highest BCUT2D eigenvalue weighted by Crippen LogP contribution is 2.27. The lowest BCUT2D eigenvalue weighted by molar-refractivity contribution is -0.123. The van der Waals surface area contributed by atoms with E-state index in [9.17, 15) is 4.79 Å². The van der Waals surface area contributed by atoms with Gasteiger partial charge in [-0.05, 0) is 57.7 Å². The number of hydrogen-bond donors (Lipinski definition) is 2. The summed E-state index contributed by atoms with van der Waals surface area (Å²) in [5.74, 6) is 1.58. The molecule has 1 amide bonds. The molecule has 170 valence electrons. The van der Waals surface area contributed by atoms with Crippen LogP contribution in [0.4, 0.5) is 0 Å². The van der Waals surface area contributed by atoms with E-state index in [2.05, 4.69) is 42.8 Å². The van der Waals surface area contributed by atoms with E-state index in [1.807, 2.05) is 19.6 Å². The lowest BCUT2D eigenvalue weighted by atomic mass is 9.93. The average molecular weight is 531 g/mol. The Balaban J connectivity index is 0.00000320. The summed E-state index contributed by atoms with van der Waals surface area (Å²) in [6.07, 6.45) is 11.1. The first-order valence-corrected chi connectivity index (χ1v) is 11.0. The van der Waals surface area contributed by atoms with Crippen molar-refractivity contribution in [2.75, 3.05) is 46.3 Å². The predicted molar refractivity (Wildman–Crippen MR) is 131 cm³/mol. The first-order valence-electron chi connectivity index (χ1n) is 11.0. The third-order valence-electron chi connectivity index (χ3n) is 6.51. The van der Waals surface area contributed by atoms with Crippen LogP contribution in [0.1, 0.15) is 45.1 Å². The fraction of sp³-hybridized carbons (Fsp3) is 0.762. The molecule has 0 bridgehead atoms. The Hall–Kier alpha value is -1.36. The number of carbonyl (C=O) groups is 1. The van der Waals surface area contributed by atoms with E-state index < -0.39 is 0 Å². The number of carbonyl (C=O) groups excluding carboxylic acids is 1. The number of nitrogens with zero attached hydrogens (tertiary/aromatic N) is 5. The van der Waals surface area contributed by atoms with Crippen molar-refractivity contribution in [1.29, 1.82) is 0 Å². The molecule has 3 rings (SSSR count). The fourth-order valence-electron chi connectivity index (χ4n) is 4.53. The number of likely N-dealkylation sites (tertiary alicyclic amines) is 2. The summed E-state index contributed by atoms with van der Waals surface area (Å²) in [7, 11) is 1.87. The lowest BCUT2D eigenvalue weighted by Gasteiger charge is -2.39. The number of imidazole rings is 1. The van der Waals surface area contributed by atoms with E-state index in [1.165, 1.54) is 0 Å². The van der Waals surface area contributed by atoms with Crippen molar-refractivity contribution in [2.24, 2.45) is 22.6 Å². The van der Waals surface area contributed by atoms with Crippen molar-refractivity contribution in [3.63, 3.8) is 0 Å². The van der Waals surface area contributed by atoms with Gasteiger partial charge < -0.3 is 25.4 Å². The number of aromatic nitrogens is 2. The predicted octanol–water partition coefficient (Wildman–Crippen LogP) is 1.94. The molecule has 2 saturated heterocycles. The molecular weight excluding hydrogens is 493 g/mol. The quantitative estimate of drug-likeness (QED) is 0.243. The first-order chi connectivity index (χ1) is 14.1. The van der Waals surface area contributed by atoms with Gasteiger partial charge in [0.2, 0.25) is 5.91 Å². The van der Waals surface area contributed by atoms with Gasteiger partial charge in [0.05, 0.1) is 12.4 Å². The van der Waals surface area contributed by atoms with Crippen molar-refractivity contribution < 1.29 is 4.79 Å². The summed E-state index contributed by atoms with van der Waals surface area (Å²) < 4.78 is 2.23. The topological polar surface area (TPSA) is 91.8 Å². The van der Waals surface area contributed by atoms with Gasteiger partial charge in [-0.15, -0.1) is 24.0 Å². The highest BCUT2D eigenvalue weighted by atomic mass is 127. The summed E-state index contributed by atoms with van der Waals surface area (Å²) in [5, 5.41) is 3.55. The van der Waals surface area contributed by atoms with Crippen LogP contribution in [-0.4, -0.2) is 77.5 Å². The number of guanidine groups is 1. The highest BCUT2D eigenvalue weighted by Gasteiger charge is 2.28. The normalized spacial score (nSPS) is 23.8. The van der Waals surface area contributed by atoms with E-state index in [-0.39, 0.29) is 35.8 Å². The van der Waals surface area contributed by atoms with Crippen LogP contribution < -0.4 is 11.1 Å². The molecule has 2 aliphatic heterocycles. The summed E-state index contributed by atoms with van der Waals surface area (Å²) in [6, 6.07) is 0.438. The molecule has 1 aromatic heterocycles. The van der Waals surface area contributed by atoms with E-state index >= 15 is 0 Å². The molecule has 0 aliphatic carbocycles. The molecule has 0 aromatic carbocycles. The summed E-state index contributed by atoms with van der Waals surface area (Å²) >= 11 is 0. The molecule has 2 unspecified atom stereocenters. The van der Waals surface area contributed by atoms with E-state index in [4.69, 9.17) is 5.73 Å². The molecule has 2 aliphatic rings. The standard InChI is InChI=1S/C21H37N7O.HI/c1-17-5-13-27(15-19(17)28-14-9-24-16-28)21(23-2)25-8-3-4-10-26-11-6-18(7-12-26)20(22)29;/h9,14,16-19H,3-8,10-13,15H2,1-2H3,(H2,22,29)(H,23,25);1H. The van der Waals surface area contributed by atoms with Gasteiger partial charge in [0.1, 0.15) is 0 Å². The van der Waals surface area contributed by atoms with Gasteiger partial charge in [0, 0.05) is 45.0 Å². The minimum atomic E-state index is -0.136. The molecule has 30 heavy (non-hydrogen) atoms. The van der Waals surface area contributed by atoms with Gasteiger partial charge >= 0.3 is 0 Å². The summed E-state index contributed by atoms with van der Waals surface area (Å²) in [4.78, 5) is 24.8. The number of amides is 1. The average Bonchev–Trinajstić information content (AvgIpc) is 3.26. The van der Waals surface area contributed by atoms with Gasteiger partial charge in [-0.3, -0.25) is 9.79 Å². The molecule has 0 spiro atoms. The first kappa shape index (κ1) is 24.9. The number of rotatable bonds is 7. The maximum atomic E-state index is 11.3. The van der Waals surface area contributed by atoms with Crippen LogP contribution in [0.5, 0.6) is 0 Å². The molecule has 2 atom stereocenters. The van der Waals surface area contributed by atoms with Crippen LogP contribution in [0, 0.1) is 11.8 Å². The largest absolute Gasteiger partial charge is 0.369 e. The number of aliphatic imine (C=N–C) groups is 1. The number of halogens is 1. The SMILES string of the molecule is CN=C(NCCCCN1CCC(C(N)=O)CC1)N1CCC(C)C(n2ccnc2)C1.I. The number of nitrogens with two attached hydrogens (primary N) is 1. The second-order valence-corrected chi connectivity index (χ2v) is 8.49. The molecule has 3 N–H and O–H groups in total. The zero-order chi connectivity index (χ0) is 20.6. The number of nitrogens with one attached hydrogen (secondary N) is 1.